The van der Waals surface area contributed by atoms with Crippen LogP contribution in [-0.4, -0.2) is 5.11 Å². The van der Waals surface area contributed by atoms with Crippen molar-refractivity contribution in [3.8, 4) is 0 Å². The summed E-state index contributed by atoms with van der Waals surface area (Å²) >= 11 is 1.63. The zero-order chi connectivity index (χ0) is 6.85. The Kier molecular flexibility index (Phi) is 3.61. The maximum atomic E-state index is 8.74. The molecule has 0 unspecified atom stereocenters. The zero-order valence-corrected chi connectivity index (χ0v) is 6.46. The fraction of sp³-hybridized carbons (Fsp3) is 0.500. The minimum atomic E-state index is 0. The summed E-state index contributed by atoms with van der Waals surface area (Å²) in [6.45, 7) is 4.28. The van der Waals surface area contributed by atoms with Crippen LogP contribution in [0.2, 0.25) is 0 Å². The zero-order valence-electron chi connectivity index (χ0n) is 5.64. The van der Waals surface area contributed by atoms with Gasteiger partial charge >= 0.3 is 0 Å². The van der Waals surface area contributed by atoms with Gasteiger partial charge in [0, 0.05) is 4.88 Å². The number of hydrogen-bond acceptors (Lipinski definition) is 2. The summed E-state index contributed by atoms with van der Waals surface area (Å²) < 4.78 is 0. The van der Waals surface area contributed by atoms with Gasteiger partial charge in [0.2, 0.25) is 0 Å². The molecule has 1 aromatic heterocycles. The van der Waals surface area contributed by atoms with E-state index in [1.54, 1.807) is 11.3 Å². The fourth-order valence-corrected chi connectivity index (χ4v) is 1.62. The number of aryl methyl sites for hydroxylation is 1. The summed E-state index contributed by atoms with van der Waals surface area (Å²) in [4.78, 5) is 1.09. The van der Waals surface area contributed by atoms with E-state index in [9.17, 15) is 0 Å². The molecule has 2 heteroatoms. The van der Waals surface area contributed by atoms with E-state index in [2.05, 4.69) is 12.3 Å². The number of hydrogen-bond donors (Lipinski definition) is 1. The molecule has 0 radical (unpaired) electrons. The molecule has 10 heavy (non-hydrogen) atoms. The van der Waals surface area contributed by atoms with Gasteiger partial charge < -0.3 is 5.11 Å². The van der Waals surface area contributed by atoms with Crippen molar-refractivity contribution in [3.63, 3.8) is 0 Å². The highest BCUT2D eigenvalue weighted by Crippen LogP contribution is 2.19. The average Bonchev–Trinajstić information content (AvgIpc) is 2.15. The maximum absolute atomic E-state index is 8.74. The van der Waals surface area contributed by atoms with E-state index in [0.29, 0.717) is 0 Å². The van der Waals surface area contributed by atoms with Gasteiger partial charge in [-0.25, -0.2) is 0 Å². The molecule has 0 aliphatic rings. The van der Waals surface area contributed by atoms with Crippen LogP contribution in [0, 0.1) is 13.8 Å². The van der Waals surface area contributed by atoms with Crippen molar-refractivity contribution in [1.82, 2.24) is 0 Å². The van der Waals surface area contributed by atoms with Crippen LogP contribution >= 0.6 is 11.3 Å². The van der Waals surface area contributed by atoms with Gasteiger partial charge in [-0.1, -0.05) is 7.43 Å². The van der Waals surface area contributed by atoms with Crippen LogP contribution in [0.15, 0.2) is 5.38 Å². The molecule has 0 fully saturated rings. The van der Waals surface area contributed by atoms with Crippen LogP contribution in [0.1, 0.15) is 23.4 Å². The van der Waals surface area contributed by atoms with Crippen LogP contribution in [0.3, 0.4) is 0 Å². The van der Waals surface area contributed by atoms with Crippen LogP contribution in [0.5, 0.6) is 0 Å². The molecule has 0 saturated heterocycles. The Morgan fingerprint density at radius 1 is 1.50 bits per heavy atom. The highest BCUT2D eigenvalue weighted by Gasteiger charge is 2.00. The lowest BCUT2D eigenvalue weighted by atomic mass is 10.2. The monoisotopic (exact) mass is 158 g/mol. The minimum absolute atomic E-state index is 0. The number of rotatable bonds is 1. The SMILES string of the molecule is C.Cc1csc(CO)c1C. The summed E-state index contributed by atoms with van der Waals surface area (Å²) in [5, 5.41) is 10.8. The van der Waals surface area contributed by atoms with Crippen molar-refractivity contribution in [1.29, 1.82) is 0 Å². The molecule has 1 heterocycles. The van der Waals surface area contributed by atoms with Crippen molar-refractivity contribution in [2.45, 2.75) is 27.9 Å². The predicted molar refractivity (Wildman–Crippen MR) is 46.4 cm³/mol. The lowest BCUT2D eigenvalue weighted by Crippen LogP contribution is -1.80. The fourth-order valence-electron chi connectivity index (χ4n) is 0.712. The quantitative estimate of drug-likeness (QED) is 0.665. The van der Waals surface area contributed by atoms with Crippen molar-refractivity contribution >= 4 is 11.3 Å². The van der Waals surface area contributed by atoms with E-state index in [1.807, 2.05) is 6.92 Å². The van der Waals surface area contributed by atoms with E-state index >= 15 is 0 Å². The predicted octanol–water partition coefficient (Wildman–Crippen LogP) is 2.49. The first kappa shape index (κ1) is 9.66. The topological polar surface area (TPSA) is 20.2 Å². The molecule has 58 valence electrons. The number of aliphatic hydroxyl groups excluding tert-OH is 1. The summed E-state index contributed by atoms with van der Waals surface area (Å²) in [6, 6.07) is 0. The van der Waals surface area contributed by atoms with Gasteiger partial charge in [-0.15, -0.1) is 11.3 Å². The van der Waals surface area contributed by atoms with Crippen molar-refractivity contribution in [2.75, 3.05) is 0 Å². The molecule has 1 aromatic rings. The van der Waals surface area contributed by atoms with E-state index in [0.717, 1.165) is 4.88 Å². The average molecular weight is 158 g/mol. The van der Waals surface area contributed by atoms with Crippen molar-refractivity contribution in [3.05, 3.63) is 21.4 Å². The van der Waals surface area contributed by atoms with E-state index in [4.69, 9.17) is 5.11 Å². The maximum Gasteiger partial charge on any atom is 0.0777 e. The molecule has 0 atom stereocenters. The van der Waals surface area contributed by atoms with Crippen LogP contribution in [-0.2, 0) is 6.61 Å². The standard InChI is InChI=1S/C7H10OS.CH4/c1-5-4-9-7(3-8)6(5)2;/h4,8H,3H2,1-2H3;1H4. The third kappa shape index (κ3) is 1.58. The third-order valence-electron chi connectivity index (χ3n) is 1.53. The van der Waals surface area contributed by atoms with Crippen LogP contribution in [0.25, 0.3) is 0 Å². The molecule has 0 aliphatic carbocycles. The van der Waals surface area contributed by atoms with Crippen LogP contribution in [0.4, 0.5) is 0 Å². The lowest BCUT2D eigenvalue weighted by molar-refractivity contribution is 0.285. The number of thiophene rings is 1. The Bertz CT molecular complexity index is 203. The first-order valence-electron chi connectivity index (χ1n) is 2.90. The van der Waals surface area contributed by atoms with Gasteiger partial charge in [0.05, 0.1) is 6.61 Å². The van der Waals surface area contributed by atoms with Crippen LogP contribution < -0.4 is 0 Å². The second-order valence-corrected chi connectivity index (χ2v) is 3.09. The molecule has 0 amide bonds. The summed E-state index contributed by atoms with van der Waals surface area (Å²) in [7, 11) is 0. The Hall–Kier alpha value is -0.340. The smallest absolute Gasteiger partial charge is 0.0777 e. The second-order valence-electron chi connectivity index (χ2n) is 2.13. The minimum Gasteiger partial charge on any atom is -0.391 e. The Labute approximate surface area is 66.3 Å². The lowest BCUT2D eigenvalue weighted by Gasteiger charge is -1.91. The molecule has 0 spiro atoms. The van der Waals surface area contributed by atoms with Gasteiger partial charge in [0.1, 0.15) is 0 Å². The summed E-state index contributed by atoms with van der Waals surface area (Å²) in [5.74, 6) is 0. The second kappa shape index (κ2) is 3.74. The van der Waals surface area contributed by atoms with Gasteiger partial charge in [-0.3, -0.25) is 0 Å². The molecule has 1 rings (SSSR count). The normalized spacial score (nSPS) is 9.10. The molecule has 0 aliphatic heterocycles. The Morgan fingerprint density at radius 2 is 2.10 bits per heavy atom. The largest absolute Gasteiger partial charge is 0.391 e. The van der Waals surface area contributed by atoms with Crippen molar-refractivity contribution < 1.29 is 5.11 Å². The Morgan fingerprint density at radius 3 is 2.30 bits per heavy atom. The first-order valence-corrected chi connectivity index (χ1v) is 3.78. The van der Waals surface area contributed by atoms with Crippen molar-refractivity contribution in [2.24, 2.45) is 0 Å². The van der Waals surface area contributed by atoms with Gasteiger partial charge in [-0.05, 0) is 30.4 Å². The van der Waals surface area contributed by atoms with E-state index < -0.39 is 0 Å². The number of aliphatic hydroxyl groups is 1. The molecule has 0 aromatic carbocycles. The third-order valence-corrected chi connectivity index (χ3v) is 2.72. The highest BCUT2D eigenvalue weighted by molar-refractivity contribution is 7.10. The first-order chi connectivity index (χ1) is 4.25. The molecule has 1 N–H and O–H groups in total. The highest BCUT2D eigenvalue weighted by atomic mass is 32.1. The van der Waals surface area contributed by atoms with Gasteiger partial charge in [-0.2, -0.15) is 0 Å². The Balaban J connectivity index is 0.000000810. The van der Waals surface area contributed by atoms with Gasteiger partial charge in [0.15, 0.2) is 0 Å². The molecule has 1 nitrogen and oxygen atoms in total. The van der Waals surface area contributed by atoms with E-state index in [1.165, 1.54) is 11.1 Å². The van der Waals surface area contributed by atoms with E-state index in [-0.39, 0.29) is 14.0 Å². The molecule has 0 saturated carbocycles. The molecular weight excluding hydrogens is 144 g/mol. The molecule has 0 bridgehead atoms. The summed E-state index contributed by atoms with van der Waals surface area (Å²) in [6.07, 6.45) is 0. The molecular formula is C8H14OS. The van der Waals surface area contributed by atoms with Gasteiger partial charge in [0.25, 0.3) is 0 Å². The summed E-state index contributed by atoms with van der Waals surface area (Å²) in [5.41, 5.74) is 2.52.